The summed E-state index contributed by atoms with van der Waals surface area (Å²) in [7, 11) is 0. The first-order valence-electron chi connectivity index (χ1n) is 14.7. The molecule has 0 saturated heterocycles. The zero-order valence-electron chi connectivity index (χ0n) is 23.9. The van der Waals surface area contributed by atoms with Crippen molar-refractivity contribution in [3.05, 3.63) is 149 Å². The topological polar surface area (TPSA) is 35.1 Å². The van der Waals surface area contributed by atoms with Crippen molar-refractivity contribution < 1.29 is 4.42 Å². The summed E-state index contributed by atoms with van der Waals surface area (Å²) in [6.07, 6.45) is 0. The summed E-state index contributed by atoms with van der Waals surface area (Å²) in [5.41, 5.74) is 11.7. The molecule has 6 aromatic carbocycles. The first-order chi connectivity index (χ1) is 21.0. The molecule has 204 valence electrons. The van der Waals surface area contributed by atoms with Gasteiger partial charge >= 0.3 is 0 Å². The van der Waals surface area contributed by atoms with Crippen molar-refractivity contribution in [1.82, 2.24) is 4.57 Å². The highest BCUT2D eigenvalue weighted by atomic mass is 16.3. The minimum atomic E-state index is -0.102. The second-order valence-electron chi connectivity index (χ2n) is 12.1. The lowest BCUT2D eigenvalue weighted by molar-refractivity contribution is 0.659. The molecule has 0 saturated carbocycles. The molecule has 1 aliphatic carbocycles. The van der Waals surface area contributed by atoms with Gasteiger partial charge in [-0.2, -0.15) is 0 Å². The summed E-state index contributed by atoms with van der Waals surface area (Å²) in [5.74, 6) is 0. The second-order valence-corrected chi connectivity index (χ2v) is 12.1. The average Bonchev–Trinajstić information content (AvgIpc) is 3.49. The summed E-state index contributed by atoms with van der Waals surface area (Å²) in [5, 5.41) is 3.60. The van der Waals surface area contributed by atoms with Gasteiger partial charge in [0, 0.05) is 27.9 Å². The third kappa shape index (κ3) is 3.33. The van der Waals surface area contributed by atoms with Crippen molar-refractivity contribution >= 4 is 43.7 Å². The van der Waals surface area contributed by atoms with Crippen molar-refractivity contribution in [2.75, 3.05) is 0 Å². The van der Waals surface area contributed by atoms with Gasteiger partial charge in [-0.05, 0) is 75.8 Å². The van der Waals surface area contributed by atoms with Crippen LogP contribution in [0, 0.1) is 0 Å². The molecule has 0 N–H and O–H groups in total. The van der Waals surface area contributed by atoms with Crippen LogP contribution in [-0.4, -0.2) is 4.57 Å². The van der Waals surface area contributed by atoms with Crippen molar-refractivity contribution in [2.24, 2.45) is 0 Å². The Bertz CT molecular complexity index is 2500. The van der Waals surface area contributed by atoms with Gasteiger partial charge in [0.15, 0.2) is 0 Å². The molecule has 9 rings (SSSR count). The van der Waals surface area contributed by atoms with Crippen LogP contribution in [0.1, 0.15) is 25.0 Å². The number of rotatable bonds is 2. The zero-order chi connectivity index (χ0) is 28.9. The Morgan fingerprint density at radius 3 is 2.21 bits per heavy atom. The van der Waals surface area contributed by atoms with Crippen LogP contribution in [0.4, 0.5) is 0 Å². The van der Waals surface area contributed by atoms with E-state index in [0.29, 0.717) is 21.9 Å². The first kappa shape index (κ1) is 24.2. The van der Waals surface area contributed by atoms with E-state index in [1.165, 1.54) is 33.0 Å². The molecular weight excluding hydrogens is 526 g/mol. The van der Waals surface area contributed by atoms with Crippen LogP contribution in [0.3, 0.4) is 0 Å². The van der Waals surface area contributed by atoms with E-state index >= 15 is 0 Å². The molecule has 2 aromatic heterocycles. The number of hydrogen-bond donors (Lipinski definition) is 0. The van der Waals surface area contributed by atoms with Gasteiger partial charge in [0.25, 0.3) is 0 Å². The smallest absolute Gasteiger partial charge is 0.200 e. The second kappa shape index (κ2) is 8.56. The Labute approximate surface area is 248 Å². The van der Waals surface area contributed by atoms with E-state index in [0.717, 1.165) is 27.8 Å². The van der Waals surface area contributed by atoms with Crippen LogP contribution < -0.4 is 5.43 Å². The fourth-order valence-electron chi connectivity index (χ4n) is 7.23. The first-order valence-corrected chi connectivity index (χ1v) is 14.7. The number of aromatic nitrogens is 1. The third-order valence-corrected chi connectivity index (χ3v) is 9.40. The van der Waals surface area contributed by atoms with Crippen LogP contribution in [0.5, 0.6) is 0 Å². The van der Waals surface area contributed by atoms with Gasteiger partial charge in [0.2, 0.25) is 5.43 Å². The molecule has 0 atom stereocenters. The Morgan fingerprint density at radius 2 is 1.33 bits per heavy atom. The van der Waals surface area contributed by atoms with E-state index in [1.54, 1.807) is 0 Å². The van der Waals surface area contributed by atoms with E-state index in [-0.39, 0.29) is 10.8 Å². The minimum absolute atomic E-state index is 0.0138. The number of hydrogen-bond acceptors (Lipinski definition) is 2. The van der Waals surface area contributed by atoms with Crippen LogP contribution in [0.25, 0.3) is 71.7 Å². The maximum atomic E-state index is 13.7. The number of fused-ring (bicyclic) bond motifs is 8. The standard InChI is InChI=1S/C40H27NO2/c1-40(2)33-14-8-6-12-27(33)30-22-31-28-13-7-9-15-35(28)41(36(31)23-34(30)40)26-17-18-29-38(21-26)43-37-19-16-25(20-32(37)39(29)42)24-10-4-3-5-11-24/h3-23H,1-2H3. The van der Waals surface area contributed by atoms with Gasteiger partial charge in [-0.1, -0.05) is 92.7 Å². The number of benzene rings is 6. The summed E-state index contributed by atoms with van der Waals surface area (Å²) in [6, 6.07) is 44.0. The van der Waals surface area contributed by atoms with E-state index in [1.807, 2.05) is 54.6 Å². The highest BCUT2D eigenvalue weighted by molar-refractivity contribution is 6.12. The summed E-state index contributed by atoms with van der Waals surface area (Å²) in [6.45, 7) is 4.63. The zero-order valence-corrected chi connectivity index (χ0v) is 23.9. The number of para-hydroxylation sites is 1. The highest BCUT2D eigenvalue weighted by Gasteiger charge is 2.36. The minimum Gasteiger partial charge on any atom is -0.456 e. The fraction of sp³-hybridized carbons (Fsp3) is 0.0750. The highest BCUT2D eigenvalue weighted by Crippen LogP contribution is 2.51. The third-order valence-electron chi connectivity index (χ3n) is 9.40. The van der Waals surface area contributed by atoms with Gasteiger partial charge in [-0.25, -0.2) is 0 Å². The van der Waals surface area contributed by atoms with E-state index in [4.69, 9.17) is 4.42 Å². The lowest BCUT2D eigenvalue weighted by Gasteiger charge is -2.21. The summed E-state index contributed by atoms with van der Waals surface area (Å²) >= 11 is 0. The van der Waals surface area contributed by atoms with E-state index < -0.39 is 0 Å². The molecule has 3 nitrogen and oxygen atoms in total. The number of nitrogens with zero attached hydrogens (tertiary/aromatic N) is 1. The predicted octanol–water partition coefficient (Wildman–Crippen LogP) is 10.0. The molecule has 8 aromatic rings. The van der Waals surface area contributed by atoms with Gasteiger partial charge in [-0.15, -0.1) is 0 Å². The molecule has 0 amide bonds. The average molecular weight is 554 g/mol. The van der Waals surface area contributed by atoms with E-state index in [2.05, 4.69) is 91.2 Å². The maximum Gasteiger partial charge on any atom is 0.200 e. The van der Waals surface area contributed by atoms with Crippen LogP contribution in [0.15, 0.2) is 137 Å². The van der Waals surface area contributed by atoms with Crippen LogP contribution in [0.2, 0.25) is 0 Å². The normalized spacial score (nSPS) is 13.6. The largest absolute Gasteiger partial charge is 0.456 e. The molecular formula is C40H27NO2. The van der Waals surface area contributed by atoms with Gasteiger partial charge in [0.1, 0.15) is 11.2 Å². The Morgan fingerprint density at radius 1 is 0.535 bits per heavy atom. The molecule has 43 heavy (non-hydrogen) atoms. The summed E-state index contributed by atoms with van der Waals surface area (Å²) in [4.78, 5) is 13.7. The molecule has 0 radical (unpaired) electrons. The van der Waals surface area contributed by atoms with Gasteiger partial charge in [0.05, 0.1) is 21.8 Å². The molecule has 0 spiro atoms. The Kier molecular flexibility index (Phi) is 4.82. The maximum absolute atomic E-state index is 13.7. The lowest BCUT2D eigenvalue weighted by Crippen LogP contribution is -2.15. The molecule has 3 heteroatoms. The molecule has 2 heterocycles. The fourth-order valence-corrected chi connectivity index (χ4v) is 7.23. The van der Waals surface area contributed by atoms with Crippen molar-refractivity contribution in [2.45, 2.75) is 19.3 Å². The monoisotopic (exact) mass is 553 g/mol. The SMILES string of the molecule is CC1(C)c2ccccc2-c2cc3c4ccccc4n(-c4ccc5c(=O)c6cc(-c7ccccc7)ccc6oc5c4)c3cc21. The van der Waals surface area contributed by atoms with Gasteiger partial charge in [-0.3, -0.25) is 4.79 Å². The molecule has 0 aliphatic heterocycles. The molecule has 1 aliphatic rings. The molecule has 0 bridgehead atoms. The van der Waals surface area contributed by atoms with Gasteiger partial charge < -0.3 is 8.98 Å². The van der Waals surface area contributed by atoms with Crippen LogP contribution in [-0.2, 0) is 5.41 Å². The lowest BCUT2D eigenvalue weighted by atomic mass is 9.82. The van der Waals surface area contributed by atoms with E-state index in [9.17, 15) is 4.79 Å². The Balaban J connectivity index is 1.28. The van der Waals surface area contributed by atoms with Crippen molar-refractivity contribution in [3.63, 3.8) is 0 Å². The quantitative estimate of drug-likeness (QED) is 0.200. The Hall–Kier alpha value is -5.41. The van der Waals surface area contributed by atoms with Crippen molar-refractivity contribution in [1.29, 1.82) is 0 Å². The molecule has 0 unspecified atom stereocenters. The van der Waals surface area contributed by atoms with Crippen LogP contribution >= 0.6 is 0 Å². The molecule has 0 fully saturated rings. The van der Waals surface area contributed by atoms with Crippen molar-refractivity contribution in [3.8, 4) is 27.9 Å². The predicted molar refractivity (Wildman–Crippen MR) is 177 cm³/mol. The summed E-state index contributed by atoms with van der Waals surface area (Å²) < 4.78 is 8.73.